The fourth-order valence-electron chi connectivity index (χ4n) is 2.63. The molecule has 0 aliphatic carbocycles. The number of anilines is 3. The van der Waals surface area contributed by atoms with Crippen molar-refractivity contribution < 1.29 is 18.6 Å². The molecule has 1 fully saturated rings. The van der Waals surface area contributed by atoms with Crippen molar-refractivity contribution in [3.05, 3.63) is 23.9 Å². The summed E-state index contributed by atoms with van der Waals surface area (Å²) in [6.07, 6.45) is -1.43. The van der Waals surface area contributed by atoms with E-state index in [1.54, 1.807) is 6.07 Å². The third-order valence-electron chi connectivity index (χ3n) is 3.89. The maximum absolute atomic E-state index is 13.4. The summed E-state index contributed by atoms with van der Waals surface area (Å²) < 4.78 is 32.2. The Hall–Kier alpha value is -2.59. The summed E-state index contributed by atoms with van der Waals surface area (Å²) in [6.45, 7) is 2.48. The minimum Gasteiger partial charge on any atom is -0.395 e. The number of alkyl halides is 2. The Bertz CT molecular complexity index is 756. The van der Waals surface area contributed by atoms with E-state index in [4.69, 9.17) is 15.6 Å². The number of rotatable bonds is 6. The first-order valence-electron chi connectivity index (χ1n) is 8.19. The van der Waals surface area contributed by atoms with Crippen LogP contribution in [0, 0.1) is 0 Å². The molecule has 10 heteroatoms. The van der Waals surface area contributed by atoms with Crippen molar-refractivity contribution in [1.82, 2.24) is 15.0 Å². The predicted octanol–water partition coefficient (Wildman–Crippen LogP) is 1.30. The predicted molar refractivity (Wildman–Crippen MR) is 93.2 cm³/mol. The highest BCUT2D eigenvalue weighted by Gasteiger charge is 2.20. The third-order valence-corrected chi connectivity index (χ3v) is 3.89. The number of morpholine rings is 1. The summed E-state index contributed by atoms with van der Waals surface area (Å²) in [5.74, 6) is 0.857. The second-order valence-corrected chi connectivity index (χ2v) is 5.69. The molecule has 0 unspecified atom stereocenters. The molecule has 8 nitrogen and oxygen atoms in total. The summed E-state index contributed by atoms with van der Waals surface area (Å²) in [4.78, 5) is 14.7. The van der Waals surface area contributed by atoms with E-state index < -0.39 is 6.43 Å². The van der Waals surface area contributed by atoms with Crippen LogP contribution in [-0.2, 0) is 4.74 Å². The van der Waals surface area contributed by atoms with Gasteiger partial charge < -0.3 is 25.8 Å². The van der Waals surface area contributed by atoms with Crippen molar-refractivity contribution >= 4 is 17.6 Å². The van der Waals surface area contributed by atoms with Crippen molar-refractivity contribution in [2.75, 3.05) is 55.4 Å². The molecule has 4 N–H and O–H groups in total. The number of pyridine rings is 1. The van der Waals surface area contributed by atoms with E-state index in [0.29, 0.717) is 43.8 Å². The van der Waals surface area contributed by atoms with Gasteiger partial charge in [-0.05, 0) is 6.07 Å². The van der Waals surface area contributed by atoms with E-state index in [1.165, 1.54) is 6.20 Å². The highest BCUT2D eigenvalue weighted by atomic mass is 19.3. The first-order valence-corrected chi connectivity index (χ1v) is 8.19. The Labute approximate surface area is 149 Å². The number of nitrogens with zero attached hydrogens (tertiary/aromatic N) is 4. The summed E-state index contributed by atoms with van der Waals surface area (Å²) in [5, 5.41) is 12.0. The van der Waals surface area contributed by atoms with Gasteiger partial charge in [-0.15, -0.1) is 0 Å². The topological polar surface area (TPSA) is 109 Å². The molecule has 2 aromatic rings. The van der Waals surface area contributed by atoms with E-state index in [1.807, 2.05) is 4.90 Å². The number of nitrogens with one attached hydrogen (secondary N) is 1. The normalized spacial score (nSPS) is 14.7. The molecule has 26 heavy (non-hydrogen) atoms. The van der Waals surface area contributed by atoms with Gasteiger partial charge in [0, 0.05) is 43.0 Å². The number of nitrogens with two attached hydrogens (primary N) is 1. The number of nitrogen functional groups attached to an aromatic ring is 1. The first-order chi connectivity index (χ1) is 12.6. The number of aliphatic hydroxyl groups is 1. The first kappa shape index (κ1) is 18.2. The quantitative estimate of drug-likeness (QED) is 0.702. The van der Waals surface area contributed by atoms with E-state index >= 15 is 0 Å². The number of aromatic nitrogens is 3. The third kappa shape index (κ3) is 4.14. The Morgan fingerprint density at radius 3 is 2.73 bits per heavy atom. The molecular weight excluding hydrogens is 346 g/mol. The molecule has 1 aliphatic heterocycles. The summed E-state index contributed by atoms with van der Waals surface area (Å²) in [5.41, 5.74) is 5.81. The standard InChI is InChI=1S/C16H20F2N6O2/c17-15(18)10-7-13(19)21-9-11(10)12-8-14(20-1-4-25)23-16(22-12)24-2-5-26-6-3-24/h7-9,15,25H,1-6H2,(H2,19,21)(H,20,22,23). The highest BCUT2D eigenvalue weighted by molar-refractivity contribution is 5.68. The van der Waals surface area contributed by atoms with Crippen molar-refractivity contribution in [3.63, 3.8) is 0 Å². The molecule has 1 saturated heterocycles. The average molecular weight is 366 g/mol. The zero-order valence-corrected chi connectivity index (χ0v) is 14.0. The lowest BCUT2D eigenvalue weighted by molar-refractivity contribution is 0.122. The van der Waals surface area contributed by atoms with Crippen LogP contribution in [0.1, 0.15) is 12.0 Å². The van der Waals surface area contributed by atoms with Gasteiger partial charge in [0.15, 0.2) is 0 Å². The van der Waals surface area contributed by atoms with Crippen molar-refractivity contribution in [1.29, 1.82) is 0 Å². The molecule has 140 valence electrons. The van der Waals surface area contributed by atoms with Crippen LogP contribution in [0.25, 0.3) is 11.3 Å². The van der Waals surface area contributed by atoms with Gasteiger partial charge in [0.05, 0.1) is 25.5 Å². The van der Waals surface area contributed by atoms with Gasteiger partial charge in [0.2, 0.25) is 5.95 Å². The summed E-state index contributed by atoms with van der Waals surface area (Å²) in [6, 6.07) is 2.70. The smallest absolute Gasteiger partial charge is 0.264 e. The van der Waals surface area contributed by atoms with Crippen molar-refractivity contribution in [2.45, 2.75) is 6.43 Å². The molecule has 0 bridgehead atoms. The molecule has 0 atom stereocenters. The number of hydrogen-bond acceptors (Lipinski definition) is 8. The Morgan fingerprint density at radius 2 is 2.04 bits per heavy atom. The number of halogens is 2. The average Bonchev–Trinajstić information content (AvgIpc) is 2.66. The zero-order valence-electron chi connectivity index (χ0n) is 14.0. The maximum atomic E-state index is 13.4. The Balaban J connectivity index is 2.05. The second-order valence-electron chi connectivity index (χ2n) is 5.69. The molecule has 0 spiro atoms. The van der Waals surface area contributed by atoms with Crippen LogP contribution >= 0.6 is 0 Å². The van der Waals surface area contributed by atoms with Crippen LogP contribution in [-0.4, -0.2) is 59.5 Å². The number of ether oxygens (including phenoxy) is 1. The van der Waals surface area contributed by atoms with Gasteiger partial charge >= 0.3 is 0 Å². The summed E-state index contributed by atoms with van der Waals surface area (Å²) >= 11 is 0. The molecule has 1 aliphatic rings. The van der Waals surface area contributed by atoms with E-state index in [9.17, 15) is 8.78 Å². The highest BCUT2D eigenvalue weighted by Crippen LogP contribution is 2.32. The molecule has 3 heterocycles. The van der Waals surface area contributed by atoms with Crippen LogP contribution in [0.2, 0.25) is 0 Å². The largest absolute Gasteiger partial charge is 0.395 e. The Kier molecular flexibility index (Phi) is 5.74. The lowest BCUT2D eigenvalue weighted by Crippen LogP contribution is -2.37. The van der Waals surface area contributed by atoms with Crippen LogP contribution in [0.15, 0.2) is 18.3 Å². The van der Waals surface area contributed by atoms with Gasteiger partial charge in [-0.1, -0.05) is 0 Å². The van der Waals surface area contributed by atoms with Crippen molar-refractivity contribution in [2.24, 2.45) is 0 Å². The number of hydrogen-bond donors (Lipinski definition) is 3. The minimum atomic E-state index is -2.72. The SMILES string of the molecule is Nc1cc(C(F)F)c(-c2cc(NCCO)nc(N3CCOCC3)n2)cn1. The van der Waals surface area contributed by atoms with Crippen LogP contribution in [0.3, 0.4) is 0 Å². The van der Waals surface area contributed by atoms with Crippen LogP contribution in [0.4, 0.5) is 26.4 Å². The van der Waals surface area contributed by atoms with E-state index in [2.05, 4.69) is 20.3 Å². The van der Waals surface area contributed by atoms with E-state index in [-0.39, 0.29) is 30.1 Å². The molecule has 0 aromatic carbocycles. The maximum Gasteiger partial charge on any atom is 0.264 e. The molecule has 0 amide bonds. The number of aliphatic hydroxyl groups excluding tert-OH is 1. The van der Waals surface area contributed by atoms with Gasteiger partial charge in [-0.3, -0.25) is 0 Å². The fourth-order valence-corrected chi connectivity index (χ4v) is 2.63. The zero-order chi connectivity index (χ0) is 18.5. The van der Waals surface area contributed by atoms with Crippen molar-refractivity contribution in [3.8, 4) is 11.3 Å². The lowest BCUT2D eigenvalue weighted by Gasteiger charge is -2.27. The van der Waals surface area contributed by atoms with Gasteiger partial charge in [-0.2, -0.15) is 4.98 Å². The van der Waals surface area contributed by atoms with Crippen LogP contribution < -0.4 is 16.0 Å². The molecule has 0 saturated carbocycles. The van der Waals surface area contributed by atoms with Gasteiger partial charge in [0.1, 0.15) is 11.6 Å². The fraction of sp³-hybridized carbons (Fsp3) is 0.438. The lowest BCUT2D eigenvalue weighted by atomic mass is 10.1. The van der Waals surface area contributed by atoms with Gasteiger partial charge in [-0.25, -0.2) is 18.7 Å². The van der Waals surface area contributed by atoms with Crippen LogP contribution in [0.5, 0.6) is 0 Å². The molecule has 2 aromatic heterocycles. The van der Waals surface area contributed by atoms with E-state index in [0.717, 1.165) is 6.07 Å². The minimum absolute atomic E-state index is 0.0186. The van der Waals surface area contributed by atoms with Gasteiger partial charge in [0.25, 0.3) is 6.43 Å². The molecule has 0 radical (unpaired) electrons. The molecule has 3 rings (SSSR count). The summed E-state index contributed by atoms with van der Waals surface area (Å²) in [7, 11) is 0. The monoisotopic (exact) mass is 366 g/mol. The second kappa shape index (κ2) is 8.19. The molecular formula is C16H20F2N6O2. The Morgan fingerprint density at radius 1 is 1.27 bits per heavy atom.